The van der Waals surface area contributed by atoms with Crippen LogP contribution in [0.3, 0.4) is 0 Å². The predicted molar refractivity (Wildman–Crippen MR) is 51.1 cm³/mol. The maximum absolute atomic E-state index is 11.4. The molecule has 1 aromatic rings. The molecule has 0 saturated carbocycles. The minimum Gasteiger partial charge on any atom is -0.497 e. The lowest BCUT2D eigenvalue weighted by Gasteiger charge is -2.02. The predicted octanol–water partition coefficient (Wildman–Crippen LogP) is 0.668. The van der Waals surface area contributed by atoms with Crippen LogP contribution in [-0.4, -0.2) is 27.6 Å². The summed E-state index contributed by atoms with van der Waals surface area (Å²) in [5.74, 6) is 0.0920. The fourth-order valence-corrected chi connectivity index (χ4v) is 1.89. The Labute approximate surface area is 82.4 Å². The Kier molecular flexibility index (Phi) is 3.24. The summed E-state index contributed by atoms with van der Waals surface area (Å²) in [7, 11) is -1.96. The zero-order chi connectivity index (χ0) is 10.6. The summed E-state index contributed by atoms with van der Waals surface area (Å²) in [4.78, 5) is 10.2. The first-order valence-electron chi connectivity index (χ1n) is 3.90. The quantitative estimate of drug-likeness (QED) is 0.691. The van der Waals surface area contributed by atoms with Crippen molar-refractivity contribution in [2.75, 3.05) is 12.9 Å². The molecule has 0 spiro atoms. The lowest BCUT2D eigenvalue weighted by Crippen LogP contribution is -2.07. The summed E-state index contributed by atoms with van der Waals surface area (Å²) in [5, 5.41) is 0. The fourth-order valence-electron chi connectivity index (χ4n) is 0.969. The van der Waals surface area contributed by atoms with Crippen molar-refractivity contribution in [2.24, 2.45) is 0 Å². The first-order valence-corrected chi connectivity index (χ1v) is 5.56. The normalized spacial score (nSPS) is 10.9. The van der Waals surface area contributed by atoms with E-state index in [1.54, 1.807) is 0 Å². The molecular weight excluding hydrogens is 204 g/mol. The molecule has 0 aliphatic rings. The zero-order valence-corrected chi connectivity index (χ0v) is 8.45. The fraction of sp³-hybridized carbons (Fsp3) is 0.222. The number of sulfone groups is 1. The van der Waals surface area contributed by atoms with E-state index in [0.29, 0.717) is 12.0 Å². The molecule has 1 rings (SSSR count). The Bertz CT molecular complexity index is 405. The monoisotopic (exact) mass is 214 g/mol. The Morgan fingerprint density at radius 1 is 1.29 bits per heavy atom. The van der Waals surface area contributed by atoms with E-state index in [4.69, 9.17) is 4.74 Å². The standard InChI is InChI=1S/C9H10O4S/c1-13-8-2-4-9(5-3-8)14(11,12)7-6-10/h2-6H,7H2,1H3. The Morgan fingerprint density at radius 2 is 1.86 bits per heavy atom. The second-order valence-corrected chi connectivity index (χ2v) is 4.66. The number of benzene rings is 1. The van der Waals surface area contributed by atoms with Crippen LogP contribution in [0.4, 0.5) is 0 Å². The summed E-state index contributed by atoms with van der Waals surface area (Å²) in [6.45, 7) is 0. The van der Waals surface area contributed by atoms with Crippen molar-refractivity contribution in [3.8, 4) is 5.75 Å². The van der Waals surface area contributed by atoms with Crippen molar-refractivity contribution in [1.29, 1.82) is 0 Å². The zero-order valence-electron chi connectivity index (χ0n) is 7.64. The van der Waals surface area contributed by atoms with Gasteiger partial charge in [-0.05, 0) is 24.3 Å². The SMILES string of the molecule is COc1ccc(S(=O)(=O)CC=O)cc1. The molecule has 0 amide bonds. The third kappa shape index (κ3) is 2.32. The van der Waals surface area contributed by atoms with E-state index in [1.807, 2.05) is 0 Å². The number of methoxy groups -OCH3 is 1. The van der Waals surface area contributed by atoms with Crippen molar-refractivity contribution in [2.45, 2.75) is 4.90 Å². The number of hydrogen-bond donors (Lipinski definition) is 0. The highest BCUT2D eigenvalue weighted by molar-refractivity contribution is 7.92. The van der Waals surface area contributed by atoms with Gasteiger partial charge in [-0.25, -0.2) is 8.42 Å². The minimum atomic E-state index is -3.46. The molecule has 76 valence electrons. The summed E-state index contributed by atoms with van der Waals surface area (Å²) >= 11 is 0. The molecule has 0 N–H and O–H groups in total. The smallest absolute Gasteiger partial charge is 0.185 e. The highest BCUT2D eigenvalue weighted by Gasteiger charge is 2.12. The molecule has 14 heavy (non-hydrogen) atoms. The van der Waals surface area contributed by atoms with E-state index in [1.165, 1.54) is 31.4 Å². The second-order valence-electron chi connectivity index (χ2n) is 2.62. The second kappa shape index (κ2) is 4.23. The van der Waals surface area contributed by atoms with E-state index in [-0.39, 0.29) is 4.90 Å². The number of rotatable bonds is 4. The highest BCUT2D eigenvalue weighted by atomic mass is 32.2. The average molecular weight is 214 g/mol. The molecule has 0 bridgehead atoms. The van der Waals surface area contributed by atoms with Gasteiger partial charge in [-0.3, -0.25) is 0 Å². The lowest BCUT2D eigenvalue weighted by molar-refractivity contribution is -0.105. The summed E-state index contributed by atoms with van der Waals surface area (Å²) in [6.07, 6.45) is 0.375. The number of aldehydes is 1. The third-order valence-electron chi connectivity index (χ3n) is 1.71. The molecule has 4 nitrogen and oxygen atoms in total. The van der Waals surface area contributed by atoms with Gasteiger partial charge in [0, 0.05) is 0 Å². The van der Waals surface area contributed by atoms with E-state index in [9.17, 15) is 13.2 Å². The van der Waals surface area contributed by atoms with Crippen LogP contribution in [0.15, 0.2) is 29.2 Å². The molecule has 1 aromatic carbocycles. The highest BCUT2D eigenvalue weighted by Crippen LogP contribution is 2.15. The van der Waals surface area contributed by atoms with E-state index in [2.05, 4.69) is 0 Å². The van der Waals surface area contributed by atoms with Gasteiger partial charge in [-0.2, -0.15) is 0 Å². The first-order chi connectivity index (χ1) is 6.60. The summed E-state index contributed by atoms with van der Waals surface area (Å²) in [5.41, 5.74) is 0. The third-order valence-corrected chi connectivity index (χ3v) is 3.27. The van der Waals surface area contributed by atoms with Gasteiger partial charge in [0.15, 0.2) is 9.84 Å². The molecule has 0 saturated heterocycles. The maximum Gasteiger partial charge on any atom is 0.185 e. The van der Waals surface area contributed by atoms with Gasteiger partial charge in [0.25, 0.3) is 0 Å². The van der Waals surface area contributed by atoms with Crippen molar-refractivity contribution >= 4 is 16.1 Å². The minimum absolute atomic E-state index is 0.130. The van der Waals surface area contributed by atoms with Crippen LogP contribution >= 0.6 is 0 Å². The van der Waals surface area contributed by atoms with Crippen molar-refractivity contribution in [3.05, 3.63) is 24.3 Å². The Morgan fingerprint density at radius 3 is 2.29 bits per heavy atom. The molecule has 0 heterocycles. The largest absolute Gasteiger partial charge is 0.497 e. The molecule has 0 aromatic heterocycles. The number of ether oxygens (including phenoxy) is 1. The van der Waals surface area contributed by atoms with Gasteiger partial charge in [-0.1, -0.05) is 0 Å². The molecular formula is C9H10O4S. The van der Waals surface area contributed by atoms with Gasteiger partial charge < -0.3 is 9.53 Å². The Balaban J connectivity index is 3.03. The summed E-state index contributed by atoms with van der Waals surface area (Å²) in [6, 6.07) is 5.91. The van der Waals surface area contributed by atoms with Crippen LogP contribution in [0, 0.1) is 0 Å². The van der Waals surface area contributed by atoms with E-state index < -0.39 is 15.6 Å². The molecule has 0 unspecified atom stereocenters. The Hall–Kier alpha value is -1.36. The van der Waals surface area contributed by atoms with Gasteiger partial charge >= 0.3 is 0 Å². The number of hydrogen-bond acceptors (Lipinski definition) is 4. The average Bonchev–Trinajstić information content (AvgIpc) is 2.18. The molecule has 0 fully saturated rings. The van der Waals surface area contributed by atoms with Crippen molar-refractivity contribution < 1.29 is 17.9 Å². The lowest BCUT2D eigenvalue weighted by atomic mass is 10.3. The summed E-state index contributed by atoms with van der Waals surface area (Å²) < 4.78 is 27.6. The number of carbonyl (C=O) groups is 1. The van der Waals surface area contributed by atoms with Gasteiger partial charge in [-0.15, -0.1) is 0 Å². The van der Waals surface area contributed by atoms with Crippen LogP contribution in [-0.2, 0) is 14.6 Å². The molecule has 0 atom stereocenters. The first kappa shape index (κ1) is 10.7. The van der Waals surface area contributed by atoms with Crippen LogP contribution < -0.4 is 4.74 Å². The van der Waals surface area contributed by atoms with Crippen molar-refractivity contribution in [1.82, 2.24) is 0 Å². The van der Waals surface area contributed by atoms with Crippen LogP contribution in [0.5, 0.6) is 5.75 Å². The molecule has 0 radical (unpaired) electrons. The van der Waals surface area contributed by atoms with Crippen LogP contribution in [0.2, 0.25) is 0 Å². The van der Waals surface area contributed by atoms with Crippen molar-refractivity contribution in [3.63, 3.8) is 0 Å². The van der Waals surface area contributed by atoms with E-state index in [0.717, 1.165) is 0 Å². The molecule has 5 heteroatoms. The number of carbonyl (C=O) groups excluding carboxylic acids is 1. The van der Waals surface area contributed by atoms with Crippen LogP contribution in [0.1, 0.15) is 0 Å². The molecule has 0 aliphatic heterocycles. The maximum atomic E-state index is 11.4. The van der Waals surface area contributed by atoms with Crippen LogP contribution in [0.25, 0.3) is 0 Å². The van der Waals surface area contributed by atoms with Gasteiger partial charge in [0.05, 0.1) is 12.0 Å². The van der Waals surface area contributed by atoms with Gasteiger partial charge in [0.2, 0.25) is 0 Å². The molecule has 0 aliphatic carbocycles. The topological polar surface area (TPSA) is 60.4 Å². The van der Waals surface area contributed by atoms with Gasteiger partial charge in [0.1, 0.15) is 17.8 Å². The van der Waals surface area contributed by atoms with E-state index >= 15 is 0 Å².